The maximum atomic E-state index is 12.8. The van der Waals surface area contributed by atoms with Gasteiger partial charge in [-0.15, -0.1) is 0 Å². The van der Waals surface area contributed by atoms with Crippen LogP contribution in [-0.4, -0.2) is 42.0 Å². The molecule has 6 heteroatoms. The average molecular weight is 412 g/mol. The summed E-state index contributed by atoms with van der Waals surface area (Å²) in [5, 5.41) is 10.0. The standard InChI is InChI=1S/C25H24N4O2/c26-17-21-19-9-4-5-10-20(19)23(22-11-6-16-31-22)27-24(21)28-12-14-29(15-13-28)25(30)18-7-2-1-3-8-18/h1-3,6-8,11,16H,4-5,9-10,12-15H2. The number of rotatable bonds is 3. The van der Waals surface area contributed by atoms with Crippen molar-refractivity contribution in [2.45, 2.75) is 25.7 Å². The molecule has 1 aliphatic carbocycles. The van der Waals surface area contributed by atoms with E-state index in [4.69, 9.17) is 9.40 Å². The second-order valence-corrected chi connectivity index (χ2v) is 8.06. The number of piperazine rings is 1. The van der Waals surface area contributed by atoms with Crippen molar-refractivity contribution in [3.05, 3.63) is 71.0 Å². The van der Waals surface area contributed by atoms with Crippen molar-refractivity contribution in [1.29, 1.82) is 5.26 Å². The van der Waals surface area contributed by atoms with Crippen LogP contribution in [0, 0.1) is 11.3 Å². The van der Waals surface area contributed by atoms with Gasteiger partial charge in [-0.25, -0.2) is 4.98 Å². The summed E-state index contributed by atoms with van der Waals surface area (Å²) in [6.45, 7) is 2.51. The molecule has 0 radical (unpaired) electrons. The minimum Gasteiger partial charge on any atom is -0.463 e. The van der Waals surface area contributed by atoms with Gasteiger partial charge in [0, 0.05) is 31.7 Å². The number of pyridine rings is 1. The molecule has 3 aromatic rings. The van der Waals surface area contributed by atoms with Crippen LogP contribution in [0.2, 0.25) is 0 Å². The van der Waals surface area contributed by atoms with Crippen LogP contribution in [0.15, 0.2) is 53.1 Å². The highest BCUT2D eigenvalue weighted by Gasteiger charge is 2.29. The molecule has 0 unspecified atom stereocenters. The summed E-state index contributed by atoms with van der Waals surface area (Å²) in [6.07, 6.45) is 5.67. The molecule has 156 valence electrons. The van der Waals surface area contributed by atoms with E-state index in [1.165, 1.54) is 0 Å². The van der Waals surface area contributed by atoms with Crippen LogP contribution in [0.5, 0.6) is 0 Å². The molecule has 0 saturated carbocycles. The molecule has 1 aliphatic heterocycles. The Morgan fingerprint density at radius 3 is 2.39 bits per heavy atom. The molecule has 1 saturated heterocycles. The Bertz CT molecular complexity index is 1120. The number of hydrogen-bond donors (Lipinski definition) is 0. The van der Waals surface area contributed by atoms with Crippen LogP contribution in [0.3, 0.4) is 0 Å². The van der Waals surface area contributed by atoms with Crippen LogP contribution in [0.4, 0.5) is 5.82 Å². The van der Waals surface area contributed by atoms with Crippen molar-refractivity contribution in [1.82, 2.24) is 9.88 Å². The van der Waals surface area contributed by atoms with E-state index in [-0.39, 0.29) is 5.91 Å². The van der Waals surface area contributed by atoms with Crippen molar-refractivity contribution in [2.75, 3.05) is 31.1 Å². The van der Waals surface area contributed by atoms with Crippen LogP contribution in [0.1, 0.15) is 39.9 Å². The fourth-order valence-corrected chi connectivity index (χ4v) is 4.65. The van der Waals surface area contributed by atoms with E-state index in [2.05, 4.69) is 11.0 Å². The number of nitriles is 1. The van der Waals surface area contributed by atoms with E-state index in [9.17, 15) is 10.1 Å². The normalized spacial score (nSPS) is 16.0. The monoisotopic (exact) mass is 412 g/mol. The van der Waals surface area contributed by atoms with Crippen LogP contribution in [0.25, 0.3) is 11.5 Å². The minimum absolute atomic E-state index is 0.0513. The molecular formula is C25H24N4O2. The zero-order valence-corrected chi connectivity index (χ0v) is 17.4. The van der Waals surface area contributed by atoms with Gasteiger partial charge in [-0.2, -0.15) is 5.26 Å². The van der Waals surface area contributed by atoms with Gasteiger partial charge in [-0.05, 0) is 61.1 Å². The van der Waals surface area contributed by atoms with Crippen LogP contribution < -0.4 is 4.90 Å². The summed E-state index contributed by atoms with van der Waals surface area (Å²) in [5.74, 6) is 1.53. The van der Waals surface area contributed by atoms with Gasteiger partial charge >= 0.3 is 0 Å². The third-order valence-corrected chi connectivity index (χ3v) is 6.25. The van der Waals surface area contributed by atoms with Gasteiger partial charge in [0.05, 0.1) is 11.8 Å². The molecule has 0 bridgehead atoms. The first-order chi connectivity index (χ1) is 15.3. The highest BCUT2D eigenvalue weighted by atomic mass is 16.3. The second-order valence-electron chi connectivity index (χ2n) is 8.06. The third-order valence-electron chi connectivity index (χ3n) is 6.25. The lowest BCUT2D eigenvalue weighted by molar-refractivity contribution is 0.0746. The van der Waals surface area contributed by atoms with E-state index in [0.717, 1.165) is 54.1 Å². The van der Waals surface area contributed by atoms with E-state index < -0.39 is 0 Å². The van der Waals surface area contributed by atoms with Gasteiger partial charge < -0.3 is 14.2 Å². The smallest absolute Gasteiger partial charge is 0.253 e. The molecule has 31 heavy (non-hydrogen) atoms. The fourth-order valence-electron chi connectivity index (χ4n) is 4.65. The molecule has 0 atom stereocenters. The molecule has 0 N–H and O–H groups in total. The lowest BCUT2D eigenvalue weighted by atomic mass is 9.87. The Kier molecular flexibility index (Phi) is 5.17. The van der Waals surface area contributed by atoms with Gasteiger partial charge in [-0.3, -0.25) is 4.79 Å². The largest absolute Gasteiger partial charge is 0.463 e. The summed E-state index contributed by atoms with van der Waals surface area (Å²) >= 11 is 0. The van der Waals surface area contributed by atoms with Gasteiger partial charge in [0.2, 0.25) is 0 Å². The van der Waals surface area contributed by atoms with Crippen molar-refractivity contribution in [3.63, 3.8) is 0 Å². The second kappa shape index (κ2) is 8.27. The molecule has 1 aromatic carbocycles. The molecule has 3 heterocycles. The predicted molar refractivity (Wildman–Crippen MR) is 118 cm³/mol. The summed E-state index contributed by atoms with van der Waals surface area (Å²) in [5.41, 5.74) is 4.53. The lowest BCUT2D eigenvalue weighted by Crippen LogP contribution is -2.49. The molecule has 1 fully saturated rings. The van der Waals surface area contributed by atoms with Crippen molar-refractivity contribution in [2.24, 2.45) is 0 Å². The summed E-state index contributed by atoms with van der Waals surface area (Å²) in [7, 11) is 0. The molecular weight excluding hydrogens is 388 g/mol. The number of carbonyl (C=O) groups is 1. The topological polar surface area (TPSA) is 73.4 Å². The van der Waals surface area contributed by atoms with Crippen molar-refractivity contribution in [3.8, 4) is 17.5 Å². The summed E-state index contributed by atoms with van der Waals surface area (Å²) in [6, 6.07) is 15.6. The van der Waals surface area contributed by atoms with E-state index >= 15 is 0 Å². The van der Waals surface area contributed by atoms with Crippen molar-refractivity contribution < 1.29 is 9.21 Å². The van der Waals surface area contributed by atoms with Gasteiger partial charge in [0.1, 0.15) is 17.6 Å². The number of benzene rings is 1. The van der Waals surface area contributed by atoms with Gasteiger partial charge in [0.25, 0.3) is 5.91 Å². The first kappa shape index (κ1) is 19.4. The van der Waals surface area contributed by atoms with E-state index in [0.29, 0.717) is 37.3 Å². The summed E-state index contributed by atoms with van der Waals surface area (Å²) in [4.78, 5) is 21.8. The Labute approximate surface area is 181 Å². The SMILES string of the molecule is N#Cc1c(N2CCN(C(=O)c3ccccc3)CC2)nc(-c2ccco2)c2c1CCCC2. The molecule has 1 amide bonds. The molecule has 5 rings (SSSR count). The Morgan fingerprint density at radius 1 is 0.968 bits per heavy atom. The van der Waals surface area contributed by atoms with Crippen LogP contribution in [-0.2, 0) is 12.8 Å². The Hall–Kier alpha value is -3.59. The zero-order chi connectivity index (χ0) is 21.2. The number of hydrogen-bond acceptors (Lipinski definition) is 5. The fraction of sp³-hybridized carbons (Fsp3) is 0.320. The van der Waals surface area contributed by atoms with E-state index in [1.807, 2.05) is 47.4 Å². The molecule has 2 aliphatic rings. The summed E-state index contributed by atoms with van der Waals surface area (Å²) < 4.78 is 5.68. The van der Waals surface area contributed by atoms with Crippen molar-refractivity contribution >= 4 is 11.7 Å². The number of carbonyl (C=O) groups excluding carboxylic acids is 1. The quantitative estimate of drug-likeness (QED) is 0.649. The maximum Gasteiger partial charge on any atom is 0.253 e. The predicted octanol–water partition coefficient (Wildman–Crippen LogP) is 4.05. The zero-order valence-electron chi connectivity index (χ0n) is 17.4. The van der Waals surface area contributed by atoms with Crippen LogP contribution >= 0.6 is 0 Å². The first-order valence-corrected chi connectivity index (χ1v) is 10.9. The Balaban J connectivity index is 1.45. The number of anilines is 1. The molecule has 6 nitrogen and oxygen atoms in total. The van der Waals surface area contributed by atoms with E-state index in [1.54, 1.807) is 6.26 Å². The maximum absolute atomic E-state index is 12.8. The molecule has 2 aromatic heterocycles. The highest BCUT2D eigenvalue weighted by molar-refractivity contribution is 5.94. The third kappa shape index (κ3) is 3.57. The lowest BCUT2D eigenvalue weighted by Gasteiger charge is -2.36. The molecule has 0 spiro atoms. The minimum atomic E-state index is 0.0513. The van der Waals surface area contributed by atoms with Gasteiger partial charge in [-0.1, -0.05) is 18.2 Å². The average Bonchev–Trinajstić information content (AvgIpc) is 3.38. The first-order valence-electron chi connectivity index (χ1n) is 10.9. The Morgan fingerprint density at radius 2 is 1.71 bits per heavy atom. The number of aromatic nitrogens is 1. The van der Waals surface area contributed by atoms with Gasteiger partial charge in [0.15, 0.2) is 5.76 Å². The number of fused-ring (bicyclic) bond motifs is 1. The highest BCUT2D eigenvalue weighted by Crippen LogP contribution is 2.37. The number of nitrogens with zero attached hydrogens (tertiary/aromatic N) is 4. The number of amides is 1. The number of furan rings is 1.